The Morgan fingerprint density at radius 2 is 1.76 bits per heavy atom. The molecule has 67 heavy (non-hydrogen) atoms. The van der Waals surface area contributed by atoms with Crippen LogP contribution in [0.3, 0.4) is 0 Å². The second kappa shape index (κ2) is 17.8. The Hall–Kier alpha value is -6.70. The molecule has 0 bridgehead atoms. The third kappa shape index (κ3) is 8.73. The number of amides is 4. The Bertz CT molecular complexity index is 3030. The lowest BCUT2D eigenvalue weighted by atomic mass is 9.77. The first-order chi connectivity index (χ1) is 32.1. The van der Waals surface area contributed by atoms with Gasteiger partial charge in [0.05, 0.1) is 40.7 Å². The van der Waals surface area contributed by atoms with E-state index in [0.717, 1.165) is 48.5 Å². The van der Waals surface area contributed by atoms with Gasteiger partial charge in [-0.05, 0) is 80.0 Å². The SMILES string of the molecule is CCN(C)S(=O)(=O)Nc1ccc(F)c(Oc2ccc3ncn([C@H]4CCC5(CCN(C(=O)CN6CCN(c7cc8c(cc7F)c(N7CCC(=O)NC7=O)nn8C)CC6)CC5)C4)c(=O)c3c2)c1C#N. The van der Waals surface area contributed by atoms with Crippen molar-refractivity contribution < 1.29 is 36.3 Å². The molecule has 1 atom stereocenters. The summed E-state index contributed by atoms with van der Waals surface area (Å²) >= 11 is 0. The minimum Gasteiger partial charge on any atom is -0.453 e. The topological polar surface area (TPSA) is 211 Å². The smallest absolute Gasteiger partial charge is 0.329 e. The molecule has 2 aromatic heterocycles. The summed E-state index contributed by atoms with van der Waals surface area (Å²) < 4.78 is 68.7. The third-order valence-electron chi connectivity index (χ3n) is 13.8. The van der Waals surface area contributed by atoms with Gasteiger partial charge in [-0.3, -0.25) is 43.5 Å². The van der Waals surface area contributed by atoms with Crippen molar-refractivity contribution in [2.24, 2.45) is 12.5 Å². The molecule has 1 spiro atoms. The van der Waals surface area contributed by atoms with Crippen LogP contribution in [0.15, 0.2) is 53.6 Å². The molecule has 0 unspecified atom stereocenters. The summed E-state index contributed by atoms with van der Waals surface area (Å²) in [6, 6.07) is 10.9. The number of imide groups is 1. The van der Waals surface area contributed by atoms with Gasteiger partial charge in [0.15, 0.2) is 17.4 Å². The summed E-state index contributed by atoms with van der Waals surface area (Å²) in [7, 11) is -0.945. The summed E-state index contributed by atoms with van der Waals surface area (Å²) in [5.41, 5.74) is 0.593. The number of halogens is 2. The van der Waals surface area contributed by atoms with Gasteiger partial charge in [0, 0.05) is 84.3 Å². The number of piperidine rings is 1. The number of benzene rings is 3. The minimum absolute atomic E-state index is 0.0446. The Morgan fingerprint density at radius 1 is 1.00 bits per heavy atom. The number of likely N-dealkylation sites (tertiary alicyclic amines) is 1. The molecule has 4 amide bonds. The summed E-state index contributed by atoms with van der Waals surface area (Å²) in [5, 5.41) is 17.4. The summed E-state index contributed by atoms with van der Waals surface area (Å²) in [6.07, 6.45) is 5.65. The predicted molar refractivity (Wildman–Crippen MR) is 244 cm³/mol. The van der Waals surface area contributed by atoms with Crippen LogP contribution < -0.4 is 30.1 Å². The molecule has 3 aliphatic heterocycles. The Kier molecular flexibility index (Phi) is 12.1. The van der Waals surface area contributed by atoms with Crippen LogP contribution in [0.4, 0.5) is 30.8 Å². The quantitative estimate of drug-likeness (QED) is 0.188. The second-order valence-corrected chi connectivity index (χ2v) is 19.5. The maximum atomic E-state index is 15.7. The van der Waals surface area contributed by atoms with E-state index >= 15 is 8.78 Å². The molecular formula is C45H50F2N12O7S. The van der Waals surface area contributed by atoms with Crippen molar-refractivity contribution >= 4 is 67.1 Å². The number of hydrogen-bond donors (Lipinski definition) is 2. The highest BCUT2D eigenvalue weighted by Gasteiger charge is 2.43. The largest absolute Gasteiger partial charge is 0.453 e. The number of carbonyl (C=O) groups excluding carboxylic acids is 3. The molecule has 22 heteroatoms. The van der Waals surface area contributed by atoms with E-state index in [-0.39, 0.29) is 77.3 Å². The standard InChI is InChI=1S/C45H50F2N12O7S/c1-4-53(2)67(64,65)52-36-8-6-33(46)41(32(36)25-48)66-29-5-7-35-30(21-29)43(62)59(27-49-35)28-9-11-45(24-28)12-15-57(16-13-45)40(61)26-55-17-19-56(20-18-55)38-23-37-31(22-34(38)47)42(51-54(37)3)58-14-10-39(60)50-44(58)63/h5-8,21-23,27-28,52H,4,9-20,24,26H2,1-3H3,(H,50,60,63)/t28-/m0/s1. The van der Waals surface area contributed by atoms with E-state index in [4.69, 9.17) is 4.74 Å². The lowest BCUT2D eigenvalue weighted by molar-refractivity contribution is -0.134. The maximum absolute atomic E-state index is 15.7. The predicted octanol–water partition coefficient (Wildman–Crippen LogP) is 4.44. The molecule has 4 fully saturated rings. The van der Waals surface area contributed by atoms with Crippen LogP contribution in [-0.4, -0.2) is 126 Å². The number of piperazine rings is 1. The number of aromatic nitrogens is 4. The van der Waals surface area contributed by atoms with Crippen LogP contribution in [-0.2, 0) is 26.8 Å². The molecule has 1 saturated carbocycles. The van der Waals surface area contributed by atoms with E-state index in [1.54, 1.807) is 41.7 Å². The zero-order valence-corrected chi connectivity index (χ0v) is 38.1. The maximum Gasteiger partial charge on any atom is 0.329 e. The lowest BCUT2D eigenvalue weighted by Gasteiger charge is -2.41. The molecule has 5 aromatic rings. The van der Waals surface area contributed by atoms with Gasteiger partial charge in [-0.15, -0.1) is 0 Å². The number of nitriles is 1. The number of anilines is 3. The Balaban J connectivity index is 0.801. The number of fused-ring (bicyclic) bond motifs is 2. The number of ether oxygens (including phenoxy) is 1. The average Bonchev–Trinajstić information content (AvgIpc) is 3.86. The van der Waals surface area contributed by atoms with Crippen LogP contribution in [0.25, 0.3) is 21.8 Å². The fourth-order valence-corrected chi connectivity index (χ4v) is 10.7. The average molecular weight is 941 g/mol. The Labute approximate surface area is 384 Å². The third-order valence-corrected chi connectivity index (χ3v) is 15.4. The summed E-state index contributed by atoms with van der Waals surface area (Å²) in [5.74, 6) is -1.81. The van der Waals surface area contributed by atoms with Gasteiger partial charge in [-0.1, -0.05) is 6.92 Å². The van der Waals surface area contributed by atoms with Gasteiger partial charge < -0.3 is 14.5 Å². The van der Waals surface area contributed by atoms with Crippen LogP contribution in [0.5, 0.6) is 11.5 Å². The second-order valence-electron chi connectivity index (χ2n) is 17.7. The zero-order chi connectivity index (χ0) is 47.4. The number of nitrogens with one attached hydrogen (secondary N) is 2. The number of nitrogens with zero attached hydrogens (tertiary/aromatic N) is 10. The van der Waals surface area contributed by atoms with Crippen LogP contribution >= 0.6 is 0 Å². The molecule has 5 heterocycles. The first kappa shape index (κ1) is 45.5. The van der Waals surface area contributed by atoms with E-state index in [0.29, 0.717) is 67.2 Å². The van der Waals surface area contributed by atoms with Gasteiger partial charge in [0.1, 0.15) is 23.2 Å². The van der Waals surface area contributed by atoms with Crippen molar-refractivity contribution in [1.82, 2.24) is 38.8 Å². The number of urea groups is 1. The highest BCUT2D eigenvalue weighted by Crippen LogP contribution is 2.50. The zero-order valence-electron chi connectivity index (χ0n) is 37.3. The summed E-state index contributed by atoms with van der Waals surface area (Å²) in [4.78, 5) is 63.7. The van der Waals surface area contributed by atoms with Gasteiger partial charge in [-0.2, -0.15) is 23.1 Å². The minimum atomic E-state index is -4.03. The number of hydrogen-bond acceptors (Lipinski definition) is 12. The van der Waals surface area contributed by atoms with E-state index in [2.05, 4.69) is 25.0 Å². The van der Waals surface area contributed by atoms with Crippen LogP contribution in [0, 0.1) is 28.4 Å². The van der Waals surface area contributed by atoms with Gasteiger partial charge >= 0.3 is 16.2 Å². The fraction of sp³-hybridized carbons (Fsp3) is 0.444. The summed E-state index contributed by atoms with van der Waals surface area (Å²) in [6.45, 7) is 5.56. The van der Waals surface area contributed by atoms with E-state index < -0.39 is 33.6 Å². The van der Waals surface area contributed by atoms with E-state index in [1.165, 1.54) is 30.1 Å². The van der Waals surface area contributed by atoms with Crippen molar-refractivity contribution in [2.45, 2.75) is 51.5 Å². The normalized spacial score (nSPS) is 19.1. The highest BCUT2D eigenvalue weighted by molar-refractivity contribution is 7.90. The van der Waals surface area contributed by atoms with E-state index in [1.807, 2.05) is 15.9 Å². The highest BCUT2D eigenvalue weighted by atomic mass is 32.2. The van der Waals surface area contributed by atoms with Crippen molar-refractivity contribution in [3.63, 3.8) is 0 Å². The van der Waals surface area contributed by atoms with E-state index in [9.17, 15) is 32.9 Å². The lowest BCUT2D eigenvalue weighted by Crippen LogP contribution is -2.51. The molecule has 4 aliphatic rings. The van der Waals surface area contributed by atoms with Crippen LogP contribution in [0.1, 0.15) is 57.1 Å². The van der Waals surface area contributed by atoms with Crippen molar-refractivity contribution in [3.8, 4) is 17.6 Å². The van der Waals surface area contributed by atoms with Crippen molar-refractivity contribution in [2.75, 3.05) is 80.5 Å². The number of carbonyl (C=O) groups is 3. The number of aryl methyl sites for hydroxylation is 1. The van der Waals surface area contributed by atoms with Crippen molar-refractivity contribution in [3.05, 3.63) is 76.3 Å². The van der Waals surface area contributed by atoms with Gasteiger partial charge in [0.25, 0.3) is 5.56 Å². The van der Waals surface area contributed by atoms with Gasteiger partial charge in [-0.25, -0.2) is 18.6 Å². The Morgan fingerprint density at radius 3 is 2.48 bits per heavy atom. The first-order valence-corrected chi connectivity index (χ1v) is 23.7. The monoisotopic (exact) mass is 940 g/mol. The fourth-order valence-electron chi connectivity index (χ4n) is 9.79. The van der Waals surface area contributed by atoms with Crippen LogP contribution in [0.2, 0.25) is 0 Å². The van der Waals surface area contributed by atoms with Gasteiger partial charge in [0.2, 0.25) is 11.8 Å². The molecular weight excluding hydrogens is 891 g/mol. The van der Waals surface area contributed by atoms with Crippen molar-refractivity contribution in [1.29, 1.82) is 5.26 Å². The molecule has 1 aliphatic carbocycles. The number of rotatable bonds is 11. The molecule has 0 radical (unpaired) electrons. The molecule has 3 aromatic carbocycles. The molecule has 352 valence electrons. The molecule has 9 rings (SSSR count). The molecule has 19 nitrogen and oxygen atoms in total. The first-order valence-electron chi connectivity index (χ1n) is 22.2. The molecule has 3 saturated heterocycles. The molecule has 2 N–H and O–H groups in total.